The maximum Gasteiger partial charge on any atom is 0.224 e. The Bertz CT molecular complexity index is 531. The standard InChI is InChI=1S/C17H24F2N2O2/c1-12-4-6-21(7-5-12)11-15(22)10-20-17(23)9-13-8-14(18)2-3-16(13)19/h2-3,8,12,15,22H,4-7,9-11H2,1H3,(H,20,23). The fourth-order valence-corrected chi connectivity index (χ4v) is 2.75. The fraction of sp³-hybridized carbons (Fsp3) is 0.588. The van der Waals surface area contributed by atoms with E-state index in [-0.39, 0.29) is 18.5 Å². The van der Waals surface area contributed by atoms with Crippen molar-refractivity contribution in [3.05, 3.63) is 35.4 Å². The van der Waals surface area contributed by atoms with E-state index in [4.69, 9.17) is 0 Å². The summed E-state index contributed by atoms with van der Waals surface area (Å²) < 4.78 is 26.5. The smallest absolute Gasteiger partial charge is 0.224 e. The third-order valence-electron chi connectivity index (χ3n) is 4.24. The quantitative estimate of drug-likeness (QED) is 0.837. The van der Waals surface area contributed by atoms with E-state index in [0.29, 0.717) is 6.54 Å². The molecule has 2 N–H and O–H groups in total. The molecule has 1 amide bonds. The molecule has 1 aliphatic rings. The Morgan fingerprint density at radius 1 is 1.39 bits per heavy atom. The van der Waals surface area contributed by atoms with Crippen molar-refractivity contribution in [3.8, 4) is 0 Å². The van der Waals surface area contributed by atoms with Crippen LogP contribution in [-0.4, -0.2) is 48.2 Å². The zero-order valence-electron chi connectivity index (χ0n) is 13.4. The number of β-amino-alcohol motifs (C(OH)–C–C–N with tert-alkyl or cyclic N) is 1. The highest BCUT2D eigenvalue weighted by Gasteiger charge is 2.18. The largest absolute Gasteiger partial charge is 0.390 e. The van der Waals surface area contributed by atoms with Crippen molar-refractivity contribution in [1.29, 1.82) is 0 Å². The Morgan fingerprint density at radius 2 is 2.09 bits per heavy atom. The van der Waals surface area contributed by atoms with Crippen molar-refractivity contribution in [2.75, 3.05) is 26.2 Å². The van der Waals surface area contributed by atoms with Crippen LogP contribution in [0.4, 0.5) is 8.78 Å². The molecule has 1 unspecified atom stereocenters. The molecule has 0 aliphatic carbocycles. The number of aliphatic hydroxyl groups excluding tert-OH is 1. The topological polar surface area (TPSA) is 52.6 Å². The van der Waals surface area contributed by atoms with E-state index in [2.05, 4.69) is 17.1 Å². The number of piperidine rings is 1. The Balaban J connectivity index is 1.72. The van der Waals surface area contributed by atoms with Gasteiger partial charge in [-0.2, -0.15) is 0 Å². The summed E-state index contributed by atoms with van der Waals surface area (Å²) in [6.07, 6.45) is 1.35. The first kappa shape index (κ1) is 17.8. The molecular formula is C17H24F2N2O2. The third-order valence-corrected chi connectivity index (χ3v) is 4.24. The highest BCUT2D eigenvalue weighted by molar-refractivity contribution is 5.78. The van der Waals surface area contributed by atoms with Crippen molar-refractivity contribution in [2.24, 2.45) is 5.92 Å². The number of likely N-dealkylation sites (tertiary alicyclic amines) is 1. The molecule has 1 aromatic carbocycles. The number of carbonyl (C=O) groups is 1. The lowest BCUT2D eigenvalue weighted by Gasteiger charge is -2.31. The summed E-state index contributed by atoms with van der Waals surface area (Å²) >= 11 is 0. The molecule has 6 heteroatoms. The lowest BCUT2D eigenvalue weighted by Crippen LogP contribution is -2.43. The number of benzene rings is 1. The maximum absolute atomic E-state index is 13.5. The summed E-state index contributed by atoms with van der Waals surface area (Å²) in [6, 6.07) is 3.03. The molecule has 0 spiro atoms. The molecule has 128 valence electrons. The van der Waals surface area contributed by atoms with Crippen LogP contribution in [0.15, 0.2) is 18.2 Å². The van der Waals surface area contributed by atoms with E-state index >= 15 is 0 Å². The van der Waals surface area contributed by atoms with Gasteiger partial charge in [0.05, 0.1) is 12.5 Å². The molecule has 0 saturated carbocycles. The number of aliphatic hydroxyl groups is 1. The highest BCUT2D eigenvalue weighted by atomic mass is 19.1. The minimum atomic E-state index is -0.662. The Morgan fingerprint density at radius 3 is 2.78 bits per heavy atom. The summed E-state index contributed by atoms with van der Waals surface area (Å²) in [5, 5.41) is 12.6. The van der Waals surface area contributed by atoms with Gasteiger partial charge in [-0.15, -0.1) is 0 Å². The molecule has 1 aromatic rings. The number of rotatable bonds is 6. The predicted octanol–water partition coefficient (Wildman–Crippen LogP) is 1.72. The number of carbonyl (C=O) groups excluding carboxylic acids is 1. The second kappa shape index (κ2) is 8.36. The molecule has 1 saturated heterocycles. The monoisotopic (exact) mass is 326 g/mol. The van der Waals surface area contributed by atoms with Gasteiger partial charge in [0.15, 0.2) is 0 Å². The molecule has 1 heterocycles. The number of hydrogen-bond donors (Lipinski definition) is 2. The molecule has 0 aromatic heterocycles. The van der Waals surface area contributed by atoms with E-state index in [9.17, 15) is 18.7 Å². The van der Waals surface area contributed by atoms with Crippen molar-refractivity contribution >= 4 is 5.91 Å². The summed E-state index contributed by atoms with van der Waals surface area (Å²) in [6.45, 7) is 4.77. The van der Waals surface area contributed by atoms with E-state index in [0.717, 1.165) is 50.0 Å². The van der Waals surface area contributed by atoms with Gasteiger partial charge in [0, 0.05) is 18.7 Å². The average Bonchev–Trinajstić information content (AvgIpc) is 2.51. The summed E-state index contributed by atoms with van der Waals surface area (Å²) in [5.74, 6) is -0.886. The van der Waals surface area contributed by atoms with Crippen molar-refractivity contribution in [1.82, 2.24) is 10.2 Å². The van der Waals surface area contributed by atoms with Gasteiger partial charge in [0.25, 0.3) is 0 Å². The van der Waals surface area contributed by atoms with Crippen LogP contribution in [0.3, 0.4) is 0 Å². The number of nitrogens with one attached hydrogen (secondary N) is 1. The normalized spacial score (nSPS) is 17.9. The first-order valence-electron chi connectivity index (χ1n) is 8.05. The van der Waals surface area contributed by atoms with Crippen LogP contribution in [0.1, 0.15) is 25.3 Å². The molecule has 0 radical (unpaired) electrons. The number of hydrogen-bond acceptors (Lipinski definition) is 3. The van der Waals surface area contributed by atoms with Crippen molar-refractivity contribution < 1.29 is 18.7 Å². The van der Waals surface area contributed by atoms with Gasteiger partial charge in [0.1, 0.15) is 11.6 Å². The zero-order valence-corrected chi connectivity index (χ0v) is 13.4. The van der Waals surface area contributed by atoms with Crippen molar-refractivity contribution in [3.63, 3.8) is 0 Å². The molecular weight excluding hydrogens is 302 g/mol. The van der Waals surface area contributed by atoms with Gasteiger partial charge in [-0.05, 0) is 50.0 Å². The van der Waals surface area contributed by atoms with E-state index < -0.39 is 23.6 Å². The maximum atomic E-state index is 13.5. The average molecular weight is 326 g/mol. The lowest BCUT2D eigenvalue weighted by atomic mass is 9.99. The number of amides is 1. The lowest BCUT2D eigenvalue weighted by molar-refractivity contribution is -0.121. The third kappa shape index (κ3) is 5.88. The van der Waals surface area contributed by atoms with Crippen LogP contribution < -0.4 is 5.32 Å². The van der Waals surface area contributed by atoms with Crippen LogP contribution in [0.2, 0.25) is 0 Å². The first-order chi connectivity index (χ1) is 10.9. The molecule has 2 rings (SSSR count). The second-order valence-corrected chi connectivity index (χ2v) is 6.35. The predicted molar refractivity (Wildman–Crippen MR) is 83.9 cm³/mol. The fourth-order valence-electron chi connectivity index (χ4n) is 2.75. The van der Waals surface area contributed by atoms with E-state index in [1.54, 1.807) is 0 Å². The minimum Gasteiger partial charge on any atom is -0.390 e. The molecule has 1 fully saturated rings. The molecule has 1 aliphatic heterocycles. The van der Waals surface area contributed by atoms with Gasteiger partial charge < -0.3 is 15.3 Å². The van der Waals surface area contributed by atoms with Crippen LogP contribution >= 0.6 is 0 Å². The number of nitrogens with zero attached hydrogens (tertiary/aromatic N) is 1. The summed E-state index contributed by atoms with van der Waals surface area (Å²) in [4.78, 5) is 14.0. The zero-order chi connectivity index (χ0) is 16.8. The van der Waals surface area contributed by atoms with E-state index in [1.165, 1.54) is 0 Å². The summed E-state index contributed by atoms with van der Waals surface area (Å²) in [5.41, 5.74) is 0.0157. The van der Waals surface area contributed by atoms with Gasteiger partial charge in [0.2, 0.25) is 5.91 Å². The van der Waals surface area contributed by atoms with Crippen LogP contribution in [0.25, 0.3) is 0 Å². The highest BCUT2D eigenvalue weighted by Crippen LogP contribution is 2.16. The second-order valence-electron chi connectivity index (χ2n) is 6.35. The van der Waals surface area contributed by atoms with Gasteiger partial charge >= 0.3 is 0 Å². The van der Waals surface area contributed by atoms with E-state index in [1.807, 2.05) is 0 Å². The van der Waals surface area contributed by atoms with Gasteiger partial charge in [-0.3, -0.25) is 4.79 Å². The molecule has 1 atom stereocenters. The minimum absolute atomic E-state index is 0.0157. The molecule has 4 nitrogen and oxygen atoms in total. The molecule has 23 heavy (non-hydrogen) atoms. The van der Waals surface area contributed by atoms with Gasteiger partial charge in [-0.25, -0.2) is 8.78 Å². The Labute approximate surface area is 135 Å². The van der Waals surface area contributed by atoms with Crippen LogP contribution in [0, 0.1) is 17.6 Å². The van der Waals surface area contributed by atoms with Crippen LogP contribution in [0.5, 0.6) is 0 Å². The number of halogens is 2. The SMILES string of the molecule is CC1CCN(CC(O)CNC(=O)Cc2cc(F)ccc2F)CC1. The Hall–Kier alpha value is -1.53. The van der Waals surface area contributed by atoms with Gasteiger partial charge in [-0.1, -0.05) is 6.92 Å². The van der Waals surface area contributed by atoms with Crippen molar-refractivity contribution in [2.45, 2.75) is 32.3 Å². The first-order valence-corrected chi connectivity index (χ1v) is 8.05. The Kier molecular flexibility index (Phi) is 6.47. The van der Waals surface area contributed by atoms with Crippen LogP contribution in [-0.2, 0) is 11.2 Å². The molecule has 0 bridgehead atoms. The summed E-state index contributed by atoms with van der Waals surface area (Å²) in [7, 11) is 0.